The maximum absolute atomic E-state index is 12.7. The number of hydrogen-bond donors (Lipinski definition) is 0. The standard InChI is InChI=1S/C15H16Cl2N2O2/c1-2-3-8-21-15(19-7-6-18-10-19)14(20)12-5-4-11(16)9-13(12)17/h4-7,9-10,15H,2-3,8H2,1H3. The van der Waals surface area contributed by atoms with Gasteiger partial charge in [0.15, 0.2) is 6.23 Å². The molecule has 6 heteroatoms. The van der Waals surface area contributed by atoms with E-state index in [4.69, 9.17) is 27.9 Å². The van der Waals surface area contributed by atoms with Crippen molar-refractivity contribution in [3.8, 4) is 0 Å². The van der Waals surface area contributed by atoms with E-state index < -0.39 is 6.23 Å². The minimum Gasteiger partial charge on any atom is -0.350 e. The molecule has 0 aliphatic heterocycles. The van der Waals surface area contributed by atoms with Crippen LogP contribution in [0.4, 0.5) is 0 Å². The lowest BCUT2D eigenvalue weighted by Gasteiger charge is -2.18. The van der Waals surface area contributed by atoms with Gasteiger partial charge in [-0.25, -0.2) is 4.98 Å². The fraction of sp³-hybridized carbons (Fsp3) is 0.333. The predicted octanol–water partition coefficient (Wildman–Crippen LogP) is 4.39. The lowest BCUT2D eigenvalue weighted by Crippen LogP contribution is -2.22. The van der Waals surface area contributed by atoms with Crippen LogP contribution in [0.2, 0.25) is 10.0 Å². The molecule has 0 N–H and O–H groups in total. The van der Waals surface area contributed by atoms with Crippen molar-refractivity contribution in [1.29, 1.82) is 0 Å². The molecule has 0 radical (unpaired) electrons. The number of aromatic nitrogens is 2. The van der Waals surface area contributed by atoms with E-state index in [2.05, 4.69) is 11.9 Å². The van der Waals surface area contributed by atoms with Gasteiger partial charge in [0, 0.05) is 29.6 Å². The predicted molar refractivity (Wildman–Crippen MR) is 82.9 cm³/mol. The van der Waals surface area contributed by atoms with Crippen molar-refractivity contribution in [1.82, 2.24) is 9.55 Å². The zero-order chi connectivity index (χ0) is 15.2. The second-order valence-corrected chi connectivity index (χ2v) is 5.42. The molecule has 2 rings (SSSR count). The number of benzene rings is 1. The number of hydrogen-bond acceptors (Lipinski definition) is 3. The molecule has 0 fully saturated rings. The first-order chi connectivity index (χ1) is 10.1. The van der Waals surface area contributed by atoms with Crippen molar-refractivity contribution >= 4 is 29.0 Å². The fourth-order valence-electron chi connectivity index (χ4n) is 1.87. The van der Waals surface area contributed by atoms with Crippen LogP contribution in [0, 0.1) is 0 Å². The number of ether oxygens (including phenoxy) is 1. The lowest BCUT2D eigenvalue weighted by molar-refractivity contribution is 0.00835. The van der Waals surface area contributed by atoms with E-state index >= 15 is 0 Å². The summed E-state index contributed by atoms with van der Waals surface area (Å²) in [4.78, 5) is 16.6. The summed E-state index contributed by atoms with van der Waals surface area (Å²) in [6.45, 7) is 2.56. The number of Topliss-reactive ketones (excluding diaryl/α,β-unsaturated/α-hetero) is 1. The molecule has 0 saturated carbocycles. The van der Waals surface area contributed by atoms with Crippen LogP contribution < -0.4 is 0 Å². The molecule has 0 aliphatic carbocycles. The van der Waals surface area contributed by atoms with E-state index in [0.717, 1.165) is 12.8 Å². The first-order valence-corrected chi connectivity index (χ1v) is 7.47. The molecule has 21 heavy (non-hydrogen) atoms. The van der Waals surface area contributed by atoms with Gasteiger partial charge in [0.2, 0.25) is 5.78 Å². The maximum atomic E-state index is 12.7. The van der Waals surface area contributed by atoms with Crippen LogP contribution in [0.5, 0.6) is 0 Å². The topological polar surface area (TPSA) is 44.1 Å². The zero-order valence-electron chi connectivity index (χ0n) is 11.6. The van der Waals surface area contributed by atoms with Gasteiger partial charge in [-0.3, -0.25) is 4.79 Å². The molecule has 112 valence electrons. The Bertz CT molecular complexity index is 600. The van der Waals surface area contributed by atoms with Crippen LogP contribution in [-0.4, -0.2) is 21.9 Å². The number of ketones is 1. The third-order valence-electron chi connectivity index (χ3n) is 2.99. The van der Waals surface area contributed by atoms with Crippen LogP contribution in [-0.2, 0) is 4.74 Å². The fourth-order valence-corrected chi connectivity index (χ4v) is 2.37. The maximum Gasteiger partial charge on any atom is 0.214 e. The van der Waals surface area contributed by atoms with Crippen molar-refractivity contribution in [2.24, 2.45) is 0 Å². The lowest BCUT2D eigenvalue weighted by atomic mass is 10.1. The highest BCUT2D eigenvalue weighted by molar-refractivity contribution is 6.36. The highest BCUT2D eigenvalue weighted by Gasteiger charge is 2.24. The molecular formula is C15H16Cl2N2O2. The van der Waals surface area contributed by atoms with Gasteiger partial charge in [-0.05, 0) is 24.6 Å². The molecular weight excluding hydrogens is 311 g/mol. The number of halogens is 2. The van der Waals surface area contributed by atoms with Crippen LogP contribution in [0.15, 0.2) is 36.9 Å². The van der Waals surface area contributed by atoms with E-state index in [9.17, 15) is 4.79 Å². The summed E-state index contributed by atoms with van der Waals surface area (Å²) in [6, 6.07) is 4.80. The van der Waals surface area contributed by atoms with Crippen molar-refractivity contribution in [2.45, 2.75) is 26.0 Å². The van der Waals surface area contributed by atoms with Crippen LogP contribution in [0.25, 0.3) is 0 Å². The summed E-state index contributed by atoms with van der Waals surface area (Å²) in [7, 11) is 0. The van der Waals surface area contributed by atoms with Crippen molar-refractivity contribution in [3.63, 3.8) is 0 Å². The van der Waals surface area contributed by atoms with Crippen LogP contribution in [0.3, 0.4) is 0 Å². The number of imidazole rings is 1. The van der Waals surface area contributed by atoms with Crippen molar-refractivity contribution in [2.75, 3.05) is 6.61 Å². The molecule has 0 spiro atoms. The van der Waals surface area contributed by atoms with Gasteiger partial charge in [0.1, 0.15) is 0 Å². The molecule has 1 unspecified atom stereocenters. The Balaban J connectivity index is 2.25. The number of carbonyl (C=O) groups excluding carboxylic acids is 1. The average molecular weight is 327 g/mol. The van der Waals surface area contributed by atoms with Crippen LogP contribution >= 0.6 is 23.2 Å². The van der Waals surface area contributed by atoms with Crippen LogP contribution in [0.1, 0.15) is 36.4 Å². The first-order valence-electron chi connectivity index (χ1n) is 6.71. The third-order valence-corrected chi connectivity index (χ3v) is 3.54. The average Bonchev–Trinajstić information content (AvgIpc) is 2.97. The van der Waals surface area contributed by atoms with Gasteiger partial charge in [-0.1, -0.05) is 36.5 Å². The Morgan fingerprint density at radius 1 is 1.43 bits per heavy atom. The number of rotatable bonds is 7. The largest absolute Gasteiger partial charge is 0.350 e. The monoisotopic (exact) mass is 326 g/mol. The highest BCUT2D eigenvalue weighted by Crippen LogP contribution is 2.25. The summed E-state index contributed by atoms with van der Waals surface area (Å²) < 4.78 is 7.34. The van der Waals surface area contributed by atoms with Gasteiger partial charge >= 0.3 is 0 Å². The third kappa shape index (κ3) is 4.06. The molecule has 0 aliphatic rings. The van der Waals surface area contributed by atoms with Gasteiger partial charge in [0.05, 0.1) is 11.3 Å². The molecule has 1 heterocycles. The number of unbranched alkanes of at least 4 members (excludes halogenated alkanes) is 1. The molecule has 0 bridgehead atoms. The van der Waals surface area contributed by atoms with E-state index in [1.807, 2.05) is 0 Å². The number of carbonyl (C=O) groups is 1. The summed E-state index contributed by atoms with van der Waals surface area (Å²) in [5.74, 6) is -0.217. The summed E-state index contributed by atoms with van der Waals surface area (Å²) in [6.07, 6.45) is 5.96. The summed E-state index contributed by atoms with van der Waals surface area (Å²) >= 11 is 12.0. The number of nitrogens with zero attached hydrogens (tertiary/aromatic N) is 2. The van der Waals surface area contributed by atoms with E-state index in [1.54, 1.807) is 41.5 Å². The Morgan fingerprint density at radius 3 is 2.86 bits per heavy atom. The second-order valence-electron chi connectivity index (χ2n) is 4.58. The van der Waals surface area contributed by atoms with Gasteiger partial charge in [0.25, 0.3) is 0 Å². The van der Waals surface area contributed by atoms with E-state index in [1.165, 1.54) is 0 Å². The van der Waals surface area contributed by atoms with E-state index in [0.29, 0.717) is 22.2 Å². The Kier molecular flexibility index (Phi) is 5.79. The quantitative estimate of drug-likeness (QED) is 0.560. The molecule has 2 aromatic rings. The Morgan fingerprint density at radius 2 is 2.24 bits per heavy atom. The zero-order valence-corrected chi connectivity index (χ0v) is 13.1. The smallest absolute Gasteiger partial charge is 0.214 e. The highest BCUT2D eigenvalue weighted by atomic mass is 35.5. The molecule has 0 amide bonds. The minimum atomic E-state index is -0.766. The normalized spacial score (nSPS) is 12.3. The Labute approximate surface area is 133 Å². The van der Waals surface area contributed by atoms with Gasteiger partial charge < -0.3 is 9.30 Å². The second kappa shape index (κ2) is 7.59. The van der Waals surface area contributed by atoms with Gasteiger partial charge in [-0.2, -0.15) is 0 Å². The molecule has 1 aromatic heterocycles. The van der Waals surface area contributed by atoms with Crippen molar-refractivity contribution < 1.29 is 9.53 Å². The van der Waals surface area contributed by atoms with Gasteiger partial charge in [-0.15, -0.1) is 0 Å². The van der Waals surface area contributed by atoms with E-state index in [-0.39, 0.29) is 5.78 Å². The molecule has 1 aromatic carbocycles. The summed E-state index contributed by atoms with van der Waals surface area (Å²) in [5, 5.41) is 0.805. The molecule has 0 saturated heterocycles. The Hall–Kier alpha value is -1.36. The first kappa shape index (κ1) is 16.0. The minimum absolute atomic E-state index is 0.217. The summed E-state index contributed by atoms with van der Waals surface area (Å²) in [5.41, 5.74) is 0.385. The van der Waals surface area contributed by atoms with Crippen molar-refractivity contribution in [3.05, 3.63) is 52.5 Å². The molecule has 1 atom stereocenters. The molecule has 4 nitrogen and oxygen atoms in total. The SMILES string of the molecule is CCCCOC(C(=O)c1ccc(Cl)cc1Cl)n1ccnc1.